The zero-order valence-electron chi connectivity index (χ0n) is 17.0. The van der Waals surface area contributed by atoms with Gasteiger partial charge >= 0.3 is 0 Å². The van der Waals surface area contributed by atoms with Gasteiger partial charge in [-0.25, -0.2) is 0 Å². The predicted octanol–water partition coefficient (Wildman–Crippen LogP) is 5.33. The van der Waals surface area contributed by atoms with Gasteiger partial charge in [-0.2, -0.15) is 0 Å². The van der Waals surface area contributed by atoms with E-state index in [0.717, 1.165) is 66.6 Å². The van der Waals surface area contributed by atoms with E-state index in [9.17, 15) is 0 Å². The predicted molar refractivity (Wildman–Crippen MR) is 122 cm³/mol. The first kappa shape index (κ1) is 19.4. The molecule has 1 unspecified atom stereocenters. The van der Waals surface area contributed by atoms with E-state index in [1.165, 1.54) is 10.9 Å². The van der Waals surface area contributed by atoms with E-state index < -0.39 is 0 Å². The Morgan fingerprint density at radius 2 is 1.93 bits per heavy atom. The summed E-state index contributed by atoms with van der Waals surface area (Å²) in [6.45, 7) is 1.66. The third-order valence-electron chi connectivity index (χ3n) is 5.64. The number of fused-ring (bicyclic) bond motifs is 1. The van der Waals surface area contributed by atoms with Gasteiger partial charge in [0.1, 0.15) is 0 Å². The molecule has 0 saturated carbocycles. The Labute approximate surface area is 180 Å². The molecule has 0 spiro atoms. The molecule has 5 rings (SSSR count). The fourth-order valence-electron chi connectivity index (χ4n) is 4.09. The van der Waals surface area contributed by atoms with Gasteiger partial charge in [-0.15, -0.1) is 10.2 Å². The molecule has 0 aliphatic carbocycles. The number of benzene rings is 2. The highest BCUT2D eigenvalue weighted by molar-refractivity contribution is 7.99. The summed E-state index contributed by atoms with van der Waals surface area (Å²) in [6, 6.07) is 19.0. The summed E-state index contributed by atoms with van der Waals surface area (Å²) in [4.78, 5) is 3.37. The molecule has 0 bridgehead atoms. The maximum Gasteiger partial charge on any atom is 0.191 e. The number of para-hydroxylation sites is 1. The summed E-state index contributed by atoms with van der Waals surface area (Å²) in [7, 11) is 0. The van der Waals surface area contributed by atoms with Crippen LogP contribution >= 0.6 is 11.8 Å². The van der Waals surface area contributed by atoms with E-state index in [0.29, 0.717) is 0 Å². The van der Waals surface area contributed by atoms with Crippen molar-refractivity contribution in [2.75, 3.05) is 12.4 Å². The molecule has 3 heterocycles. The van der Waals surface area contributed by atoms with E-state index in [2.05, 4.69) is 68.3 Å². The molecule has 6 heteroatoms. The van der Waals surface area contributed by atoms with Crippen molar-refractivity contribution in [2.24, 2.45) is 0 Å². The van der Waals surface area contributed by atoms with Crippen LogP contribution in [-0.4, -0.2) is 38.2 Å². The first-order valence-corrected chi connectivity index (χ1v) is 11.6. The van der Waals surface area contributed by atoms with Crippen LogP contribution in [0.25, 0.3) is 22.3 Å². The Kier molecular flexibility index (Phi) is 5.86. The van der Waals surface area contributed by atoms with Gasteiger partial charge in [-0.1, -0.05) is 60.3 Å². The van der Waals surface area contributed by atoms with Gasteiger partial charge in [0.2, 0.25) is 0 Å². The number of hydrogen-bond donors (Lipinski definition) is 1. The smallest absolute Gasteiger partial charge is 0.191 e. The molecule has 1 saturated heterocycles. The minimum Gasteiger partial charge on any atom is -0.376 e. The average molecular weight is 419 g/mol. The Hall–Kier alpha value is -2.57. The number of nitrogens with zero attached hydrogens (tertiary/aromatic N) is 3. The molecule has 0 radical (unpaired) electrons. The monoisotopic (exact) mass is 418 g/mol. The van der Waals surface area contributed by atoms with Gasteiger partial charge < -0.3 is 9.72 Å². The van der Waals surface area contributed by atoms with Gasteiger partial charge in [0.05, 0.1) is 12.6 Å². The van der Waals surface area contributed by atoms with Crippen LogP contribution in [-0.2, 0) is 17.7 Å². The van der Waals surface area contributed by atoms with Crippen LogP contribution in [0, 0.1) is 0 Å². The summed E-state index contributed by atoms with van der Waals surface area (Å²) >= 11 is 1.80. The van der Waals surface area contributed by atoms with Crippen LogP contribution < -0.4 is 0 Å². The number of ether oxygens (including phenoxy) is 1. The molecule has 2 aromatic carbocycles. The third-order valence-corrected chi connectivity index (χ3v) is 6.69. The van der Waals surface area contributed by atoms with Crippen molar-refractivity contribution in [2.45, 2.75) is 43.5 Å². The first-order valence-electron chi connectivity index (χ1n) is 10.7. The molecule has 1 N–H and O–H groups in total. The lowest BCUT2D eigenvalue weighted by Crippen LogP contribution is -2.16. The molecule has 154 valence electrons. The minimum atomic E-state index is 0.244. The van der Waals surface area contributed by atoms with Crippen molar-refractivity contribution in [3.63, 3.8) is 0 Å². The fourth-order valence-corrected chi connectivity index (χ4v) is 4.98. The molecule has 30 heavy (non-hydrogen) atoms. The first-order chi connectivity index (χ1) is 14.9. The Bertz CT molecular complexity index is 1100. The summed E-state index contributed by atoms with van der Waals surface area (Å²) in [6.07, 6.45) is 6.73. The fraction of sp³-hybridized carbons (Fsp3) is 0.333. The number of aromatic amines is 1. The Morgan fingerprint density at radius 1 is 1.07 bits per heavy atom. The van der Waals surface area contributed by atoms with E-state index in [4.69, 9.17) is 4.74 Å². The van der Waals surface area contributed by atoms with Gasteiger partial charge in [-0.3, -0.25) is 4.57 Å². The summed E-state index contributed by atoms with van der Waals surface area (Å²) in [5.41, 5.74) is 3.61. The second kappa shape index (κ2) is 9.06. The van der Waals surface area contributed by atoms with Crippen molar-refractivity contribution in [1.82, 2.24) is 19.7 Å². The summed E-state index contributed by atoms with van der Waals surface area (Å²) < 4.78 is 8.19. The second-order valence-electron chi connectivity index (χ2n) is 7.74. The molecular formula is C24H26N4OS. The normalized spacial score (nSPS) is 16.5. The van der Waals surface area contributed by atoms with Crippen LogP contribution in [0.5, 0.6) is 0 Å². The molecule has 5 nitrogen and oxygen atoms in total. The number of hydrogen-bond acceptors (Lipinski definition) is 4. The lowest BCUT2D eigenvalue weighted by Gasteiger charge is -2.14. The molecule has 1 aliphatic heterocycles. The highest BCUT2D eigenvalue weighted by atomic mass is 32.2. The van der Waals surface area contributed by atoms with Gasteiger partial charge in [0.25, 0.3) is 0 Å². The van der Waals surface area contributed by atoms with Crippen LogP contribution in [0.1, 0.15) is 24.8 Å². The largest absolute Gasteiger partial charge is 0.376 e. The molecule has 4 aromatic rings. The highest BCUT2D eigenvalue weighted by Gasteiger charge is 2.23. The third kappa shape index (κ3) is 4.16. The van der Waals surface area contributed by atoms with Gasteiger partial charge in [0, 0.05) is 35.0 Å². The Balaban J connectivity index is 1.36. The zero-order valence-corrected chi connectivity index (χ0v) is 17.8. The minimum absolute atomic E-state index is 0.244. The number of aryl methyl sites for hydroxylation is 1. The van der Waals surface area contributed by atoms with Crippen LogP contribution in [0.3, 0.4) is 0 Å². The second-order valence-corrected chi connectivity index (χ2v) is 8.80. The number of H-pyrrole nitrogens is 1. The molecular weight excluding hydrogens is 392 g/mol. The maximum atomic E-state index is 5.93. The summed E-state index contributed by atoms with van der Waals surface area (Å²) in [5.74, 6) is 1.94. The van der Waals surface area contributed by atoms with Crippen molar-refractivity contribution in [3.8, 4) is 11.4 Å². The SMILES string of the molecule is c1ccc(CCCSc2nnc(-c3c[nH]c4ccccc34)n2CC2CCCO2)cc1. The topological polar surface area (TPSA) is 55.7 Å². The van der Waals surface area contributed by atoms with Crippen molar-refractivity contribution in [3.05, 3.63) is 66.4 Å². The number of nitrogens with one attached hydrogen (secondary N) is 1. The number of aromatic nitrogens is 4. The van der Waals surface area contributed by atoms with Crippen molar-refractivity contribution < 1.29 is 4.74 Å². The van der Waals surface area contributed by atoms with E-state index in [1.807, 2.05) is 12.3 Å². The molecule has 1 fully saturated rings. The lowest BCUT2D eigenvalue weighted by atomic mass is 10.1. The van der Waals surface area contributed by atoms with Gasteiger partial charge in [0.15, 0.2) is 11.0 Å². The molecule has 1 aliphatic rings. The quantitative estimate of drug-likeness (QED) is 0.310. The standard InChI is InChI=1S/C24H26N4OS/c1-2-8-18(9-3-1)10-7-15-30-24-27-26-23(28(24)17-19-11-6-14-29-19)21-16-25-22-13-5-4-12-20(21)22/h1-5,8-9,12-13,16,19,25H,6-7,10-11,14-15,17H2. The highest BCUT2D eigenvalue weighted by Crippen LogP contribution is 2.31. The lowest BCUT2D eigenvalue weighted by molar-refractivity contribution is 0.0953. The van der Waals surface area contributed by atoms with Crippen molar-refractivity contribution in [1.29, 1.82) is 0 Å². The molecule has 1 atom stereocenters. The Morgan fingerprint density at radius 3 is 2.80 bits per heavy atom. The van der Waals surface area contributed by atoms with Gasteiger partial charge in [-0.05, 0) is 37.3 Å². The zero-order chi connectivity index (χ0) is 20.2. The number of thioether (sulfide) groups is 1. The molecule has 2 aromatic heterocycles. The van der Waals surface area contributed by atoms with E-state index in [1.54, 1.807) is 11.8 Å². The van der Waals surface area contributed by atoms with Crippen LogP contribution in [0.15, 0.2) is 66.0 Å². The average Bonchev–Trinajstić information content (AvgIpc) is 3.53. The van der Waals surface area contributed by atoms with E-state index >= 15 is 0 Å². The van der Waals surface area contributed by atoms with Crippen LogP contribution in [0.4, 0.5) is 0 Å². The van der Waals surface area contributed by atoms with Crippen LogP contribution in [0.2, 0.25) is 0 Å². The maximum absolute atomic E-state index is 5.93. The van der Waals surface area contributed by atoms with Crippen molar-refractivity contribution >= 4 is 22.7 Å². The van der Waals surface area contributed by atoms with E-state index in [-0.39, 0.29) is 6.10 Å². The molecule has 0 amide bonds. The summed E-state index contributed by atoms with van der Waals surface area (Å²) in [5, 5.41) is 11.3. The number of rotatable bonds is 8.